The number of hydrogen-bond donors (Lipinski definition) is 1. The van der Waals surface area contributed by atoms with Crippen molar-refractivity contribution in [2.24, 2.45) is 11.7 Å². The molecular weight excluding hydrogens is 268 g/mol. The van der Waals surface area contributed by atoms with E-state index >= 15 is 0 Å². The van der Waals surface area contributed by atoms with Crippen LogP contribution in [0.15, 0.2) is 24.3 Å². The topological polar surface area (TPSA) is 29.3 Å². The van der Waals surface area contributed by atoms with Crippen LogP contribution in [0.2, 0.25) is 5.02 Å². The molecule has 0 spiro atoms. The second-order valence-electron chi connectivity index (χ2n) is 6.12. The fourth-order valence-corrected chi connectivity index (χ4v) is 3.16. The van der Waals surface area contributed by atoms with Crippen LogP contribution in [0, 0.1) is 5.92 Å². The quantitative estimate of drug-likeness (QED) is 0.857. The van der Waals surface area contributed by atoms with Crippen LogP contribution in [0.1, 0.15) is 44.6 Å². The van der Waals surface area contributed by atoms with E-state index < -0.39 is 0 Å². The van der Waals surface area contributed by atoms with Gasteiger partial charge in [-0.3, -0.25) is 4.90 Å². The average molecular weight is 295 g/mol. The Bertz CT molecular complexity index is 390. The third-order valence-corrected chi connectivity index (χ3v) is 4.64. The standard InChI is InChI=1S/C17H27ClN2/c1-2-17(19)10-7-14-4-3-11-20(12-14)13-15-5-8-16(18)9-6-15/h5-6,8-9,14,17H,2-4,7,10-13,19H2,1H3. The Hall–Kier alpha value is -0.570. The van der Waals surface area contributed by atoms with Crippen molar-refractivity contribution in [1.82, 2.24) is 4.90 Å². The highest BCUT2D eigenvalue weighted by Crippen LogP contribution is 2.23. The number of nitrogens with two attached hydrogens (primary N) is 1. The summed E-state index contributed by atoms with van der Waals surface area (Å²) in [5.74, 6) is 0.827. The van der Waals surface area contributed by atoms with Gasteiger partial charge in [-0.25, -0.2) is 0 Å². The molecule has 2 rings (SSSR count). The van der Waals surface area contributed by atoms with Crippen molar-refractivity contribution < 1.29 is 0 Å². The number of likely N-dealkylation sites (tertiary alicyclic amines) is 1. The number of rotatable bonds is 6. The van der Waals surface area contributed by atoms with Gasteiger partial charge in [0, 0.05) is 24.2 Å². The maximum Gasteiger partial charge on any atom is 0.0406 e. The molecule has 20 heavy (non-hydrogen) atoms. The maximum absolute atomic E-state index is 6.04. The third kappa shape index (κ3) is 5.08. The van der Waals surface area contributed by atoms with E-state index in [9.17, 15) is 0 Å². The second-order valence-corrected chi connectivity index (χ2v) is 6.55. The molecule has 3 heteroatoms. The van der Waals surface area contributed by atoms with Crippen molar-refractivity contribution in [3.05, 3.63) is 34.9 Å². The number of halogens is 1. The summed E-state index contributed by atoms with van der Waals surface area (Å²) >= 11 is 5.94. The van der Waals surface area contributed by atoms with E-state index in [1.807, 2.05) is 12.1 Å². The van der Waals surface area contributed by atoms with Crippen molar-refractivity contribution in [2.75, 3.05) is 13.1 Å². The van der Waals surface area contributed by atoms with Gasteiger partial charge in [0.1, 0.15) is 0 Å². The lowest BCUT2D eigenvalue weighted by Gasteiger charge is -2.33. The Morgan fingerprint density at radius 3 is 2.80 bits per heavy atom. The van der Waals surface area contributed by atoms with E-state index in [4.69, 9.17) is 17.3 Å². The number of piperidine rings is 1. The lowest BCUT2D eigenvalue weighted by atomic mass is 9.91. The molecule has 0 saturated carbocycles. The molecule has 1 aliphatic rings. The highest BCUT2D eigenvalue weighted by Gasteiger charge is 2.20. The van der Waals surface area contributed by atoms with Crippen LogP contribution in [0.5, 0.6) is 0 Å². The molecule has 112 valence electrons. The first kappa shape index (κ1) is 15.8. The molecule has 0 radical (unpaired) electrons. The van der Waals surface area contributed by atoms with Gasteiger partial charge in [-0.1, -0.05) is 30.7 Å². The van der Waals surface area contributed by atoms with Crippen LogP contribution in [0.3, 0.4) is 0 Å². The van der Waals surface area contributed by atoms with Crippen LogP contribution in [-0.4, -0.2) is 24.0 Å². The highest BCUT2D eigenvalue weighted by molar-refractivity contribution is 6.30. The van der Waals surface area contributed by atoms with Gasteiger partial charge in [0.15, 0.2) is 0 Å². The van der Waals surface area contributed by atoms with Crippen LogP contribution >= 0.6 is 11.6 Å². The van der Waals surface area contributed by atoms with Crippen LogP contribution in [0.4, 0.5) is 0 Å². The van der Waals surface area contributed by atoms with E-state index in [1.54, 1.807) is 0 Å². The summed E-state index contributed by atoms with van der Waals surface area (Å²) in [7, 11) is 0. The first-order chi connectivity index (χ1) is 9.67. The van der Waals surface area contributed by atoms with Gasteiger partial charge in [-0.15, -0.1) is 0 Å². The van der Waals surface area contributed by atoms with Gasteiger partial charge < -0.3 is 5.73 Å². The summed E-state index contributed by atoms with van der Waals surface area (Å²) in [5.41, 5.74) is 7.40. The maximum atomic E-state index is 6.04. The van der Waals surface area contributed by atoms with Crippen LogP contribution in [-0.2, 0) is 6.54 Å². The van der Waals surface area contributed by atoms with E-state index in [0.717, 1.165) is 23.9 Å². The van der Waals surface area contributed by atoms with E-state index in [2.05, 4.69) is 24.0 Å². The van der Waals surface area contributed by atoms with Gasteiger partial charge in [-0.05, 0) is 62.3 Å². The predicted octanol–water partition coefficient (Wildman–Crippen LogP) is 4.07. The molecule has 1 fully saturated rings. The zero-order valence-electron chi connectivity index (χ0n) is 12.5. The Morgan fingerprint density at radius 1 is 1.35 bits per heavy atom. The molecule has 1 saturated heterocycles. The summed E-state index contributed by atoms with van der Waals surface area (Å²) < 4.78 is 0. The molecule has 2 atom stereocenters. The summed E-state index contributed by atoms with van der Waals surface area (Å²) in [6.07, 6.45) is 6.25. The Kier molecular flexibility index (Phi) is 6.34. The first-order valence-corrected chi connectivity index (χ1v) is 8.27. The molecule has 2 nitrogen and oxygen atoms in total. The minimum Gasteiger partial charge on any atom is -0.328 e. The van der Waals surface area contributed by atoms with Crippen molar-refractivity contribution in [2.45, 2.75) is 51.6 Å². The Balaban J connectivity index is 1.79. The van der Waals surface area contributed by atoms with Gasteiger partial charge >= 0.3 is 0 Å². The van der Waals surface area contributed by atoms with Crippen LogP contribution < -0.4 is 5.73 Å². The molecule has 2 N–H and O–H groups in total. The lowest BCUT2D eigenvalue weighted by molar-refractivity contribution is 0.158. The SMILES string of the molecule is CCC(N)CCC1CCCN(Cc2ccc(Cl)cc2)C1. The molecule has 0 bridgehead atoms. The number of nitrogens with zero attached hydrogens (tertiary/aromatic N) is 1. The smallest absolute Gasteiger partial charge is 0.0406 e. The van der Waals surface area contributed by atoms with Gasteiger partial charge in [-0.2, -0.15) is 0 Å². The van der Waals surface area contributed by atoms with Gasteiger partial charge in [0.25, 0.3) is 0 Å². The fourth-order valence-electron chi connectivity index (χ4n) is 3.03. The molecule has 0 aromatic heterocycles. The minimum atomic E-state index is 0.390. The van der Waals surface area contributed by atoms with Crippen molar-refractivity contribution in [3.8, 4) is 0 Å². The monoisotopic (exact) mass is 294 g/mol. The largest absolute Gasteiger partial charge is 0.328 e. The van der Waals surface area contributed by atoms with Crippen molar-refractivity contribution in [1.29, 1.82) is 0 Å². The average Bonchev–Trinajstić information content (AvgIpc) is 2.47. The number of hydrogen-bond acceptors (Lipinski definition) is 2. The highest BCUT2D eigenvalue weighted by atomic mass is 35.5. The molecule has 1 aromatic carbocycles. The lowest BCUT2D eigenvalue weighted by Crippen LogP contribution is -2.35. The molecule has 1 heterocycles. The van der Waals surface area contributed by atoms with E-state index in [1.165, 1.54) is 44.3 Å². The summed E-state index contributed by atoms with van der Waals surface area (Å²) in [6.45, 7) is 5.67. The first-order valence-electron chi connectivity index (χ1n) is 7.89. The summed E-state index contributed by atoms with van der Waals surface area (Å²) in [6, 6.07) is 8.64. The van der Waals surface area contributed by atoms with Crippen LogP contribution in [0.25, 0.3) is 0 Å². The molecule has 1 aromatic rings. The normalized spacial score (nSPS) is 21.9. The third-order valence-electron chi connectivity index (χ3n) is 4.39. The Morgan fingerprint density at radius 2 is 2.10 bits per heavy atom. The van der Waals surface area contributed by atoms with E-state index in [0.29, 0.717) is 6.04 Å². The number of benzene rings is 1. The molecule has 0 amide bonds. The molecule has 1 aliphatic heterocycles. The van der Waals surface area contributed by atoms with Gasteiger partial charge in [0.05, 0.1) is 0 Å². The summed E-state index contributed by atoms with van der Waals surface area (Å²) in [5, 5.41) is 0.818. The fraction of sp³-hybridized carbons (Fsp3) is 0.647. The Labute approximate surface area is 128 Å². The predicted molar refractivity (Wildman–Crippen MR) is 87.0 cm³/mol. The summed E-state index contributed by atoms with van der Waals surface area (Å²) in [4.78, 5) is 2.58. The zero-order chi connectivity index (χ0) is 14.4. The molecule has 0 aliphatic carbocycles. The van der Waals surface area contributed by atoms with Crippen molar-refractivity contribution in [3.63, 3.8) is 0 Å². The van der Waals surface area contributed by atoms with E-state index in [-0.39, 0.29) is 0 Å². The van der Waals surface area contributed by atoms with Gasteiger partial charge in [0.2, 0.25) is 0 Å². The minimum absolute atomic E-state index is 0.390. The second kappa shape index (κ2) is 8.02. The molecular formula is C17H27ClN2. The zero-order valence-corrected chi connectivity index (χ0v) is 13.3. The van der Waals surface area contributed by atoms with Crippen molar-refractivity contribution >= 4 is 11.6 Å². The molecule has 2 unspecified atom stereocenters.